The molecule has 108 valence electrons. The average Bonchev–Trinajstić information content (AvgIpc) is 2.45. The topological polar surface area (TPSA) is 81.9 Å². The Morgan fingerprint density at radius 1 is 1.55 bits per heavy atom. The number of para-hydroxylation sites is 2. The first-order valence-corrected chi connectivity index (χ1v) is 6.33. The summed E-state index contributed by atoms with van der Waals surface area (Å²) < 4.78 is 10.6. The van der Waals surface area contributed by atoms with Gasteiger partial charge in [0, 0.05) is 19.2 Å². The summed E-state index contributed by atoms with van der Waals surface area (Å²) in [4.78, 5) is 23.9. The van der Waals surface area contributed by atoms with Crippen LogP contribution in [-0.2, 0) is 9.53 Å². The predicted octanol–water partition coefficient (Wildman–Crippen LogP) is 1.22. The van der Waals surface area contributed by atoms with Crippen molar-refractivity contribution in [1.82, 2.24) is 4.90 Å². The fraction of sp³-hybridized carbons (Fsp3) is 0.462. The Hall–Kier alpha value is -2.15. The summed E-state index contributed by atoms with van der Waals surface area (Å²) in [5.41, 5.74) is -0.143. The van der Waals surface area contributed by atoms with Gasteiger partial charge in [0.2, 0.25) is 0 Å². The molecule has 0 aromatic heterocycles. The van der Waals surface area contributed by atoms with E-state index in [9.17, 15) is 14.9 Å². The number of carbonyl (C=O) groups excluding carboxylic acids is 1. The number of rotatable bonds is 4. The molecule has 1 saturated heterocycles. The smallest absolute Gasteiger partial charge is 0.310 e. The summed E-state index contributed by atoms with van der Waals surface area (Å²) >= 11 is 0. The van der Waals surface area contributed by atoms with Crippen LogP contribution in [0.15, 0.2) is 24.3 Å². The number of amides is 1. The SMILES string of the molecule is C[C@@H]1CN(C(=O)COc2ccccc2[N+](=O)[O-])CCO1. The molecule has 7 heteroatoms. The lowest BCUT2D eigenvalue weighted by Crippen LogP contribution is -2.46. The lowest BCUT2D eigenvalue weighted by Gasteiger charge is -2.31. The Morgan fingerprint density at radius 3 is 3.00 bits per heavy atom. The van der Waals surface area contributed by atoms with Crippen molar-refractivity contribution in [2.45, 2.75) is 13.0 Å². The number of nitro benzene ring substituents is 1. The van der Waals surface area contributed by atoms with E-state index in [2.05, 4.69) is 0 Å². The second kappa shape index (κ2) is 6.33. The lowest BCUT2D eigenvalue weighted by molar-refractivity contribution is -0.385. The monoisotopic (exact) mass is 280 g/mol. The number of morpholine rings is 1. The second-order valence-corrected chi connectivity index (χ2v) is 4.53. The van der Waals surface area contributed by atoms with E-state index in [1.807, 2.05) is 6.92 Å². The van der Waals surface area contributed by atoms with Gasteiger partial charge in [-0.3, -0.25) is 14.9 Å². The summed E-state index contributed by atoms with van der Waals surface area (Å²) in [6.45, 7) is 3.21. The van der Waals surface area contributed by atoms with Crippen LogP contribution < -0.4 is 4.74 Å². The van der Waals surface area contributed by atoms with Crippen molar-refractivity contribution in [3.8, 4) is 5.75 Å². The van der Waals surface area contributed by atoms with Crippen molar-refractivity contribution in [1.29, 1.82) is 0 Å². The molecule has 0 unspecified atom stereocenters. The Labute approximate surface area is 116 Å². The number of benzene rings is 1. The first-order valence-electron chi connectivity index (χ1n) is 6.33. The number of hydrogen-bond acceptors (Lipinski definition) is 5. The molecule has 1 aromatic rings. The number of ether oxygens (including phenoxy) is 2. The molecule has 0 aliphatic carbocycles. The molecule has 1 fully saturated rings. The van der Waals surface area contributed by atoms with E-state index in [-0.39, 0.29) is 30.1 Å². The molecule has 1 atom stereocenters. The Bertz CT molecular complexity index is 505. The third kappa shape index (κ3) is 3.45. The highest BCUT2D eigenvalue weighted by molar-refractivity contribution is 5.78. The van der Waals surface area contributed by atoms with Crippen molar-refractivity contribution in [2.24, 2.45) is 0 Å². The quantitative estimate of drug-likeness (QED) is 0.612. The maximum absolute atomic E-state index is 12.0. The molecule has 1 aliphatic heterocycles. The van der Waals surface area contributed by atoms with Gasteiger partial charge in [0.25, 0.3) is 5.91 Å². The van der Waals surface area contributed by atoms with E-state index in [1.165, 1.54) is 12.1 Å². The zero-order chi connectivity index (χ0) is 14.5. The highest BCUT2D eigenvalue weighted by atomic mass is 16.6. The zero-order valence-electron chi connectivity index (χ0n) is 11.2. The van der Waals surface area contributed by atoms with E-state index in [0.717, 1.165) is 0 Å². The van der Waals surface area contributed by atoms with Gasteiger partial charge < -0.3 is 14.4 Å². The fourth-order valence-electron chi connectivity index (χ4n) is 2.01. The molecule has 0 radical (unpaired) electrons. The molecule has 0 saturated carbocycles. The highest BCUT2D eigenvalue weighted by Gasteiger charge is 2.22. The van der Waals surface area contributed by atoms with Crippen LogP contribution in [0.4, 0.5) is 5.69 Å². The normalized spacial score (nSPS) is 18.6. The molecular weight excluding hydrogens is 264 g/mol. The van der Waals surface area contributed by atoms with E-state index in [4.69, 9.17) is 9.47 Å². The molecule has 1 amide bonds. The summed E-state index contributed by atoms with van der Waals surface area (Å²) in [6, 6.07) is 6.00. The lowest BCUT2D eigenvalue weighted by atomic mass is 10.3. The van der Waals surface area contributed by atoms with Crippen molar-refractivity contribution in [2.75, 3.05) is 26.3 Å². The number of nitro groups is 1. The van der Waals surface area contributed by atoms with E-state index >= 15 is 0 Å². The third-order valence-corrected chi connectivity index (χ3v) is 3.01. The van der Waals surface area contributed by atoms with Crippen LogP contribution in [0.5, 0.6) is 5.75 Å². The Morgan fingerprint density at radius 2 is 2.30 bits per heavy atom. The van der Waals surface area contributed by atoms with Crippen LogP contribution in [0.2, 0.25) is 0 Å². The van der Waals surface area contributed by atoms with Gasteiger partial charge in [-0.2, -0.15) is 0 Å². The summed E-state index contributed by atoms with van der Waals surface area (Å²) in [5.74, 6) is -0.0922. The Kier molecular flexibility index (Phi) is 4.52. The minimum Gasteiger partial charge on any atom is -0.477 e. The largest absolute Gasteiger partial charge is 0.477 e. The Balaban J connectivity index is 1.95. The molecule has 0 spiro atoms. The van der Waals surface area contributed by atoms with Gasteiger partial charge in [-0.1, -0.05) is 12.1 Å². The summed E-state index contributed by atoms with van der Waals surface area (Å²) in [5, 5.41) is 10.8. The average molecular weight is 280 g/mol. The van der Waals surface area contributed by atoms with Crippen LogP contribution in [-0.4, -0.2) is 48.1 Å². The second-order valence-electron chi connectivity index (χ2n) is 4.53. The first-order chi connectivity index (χ1) is 9.58. The number of hydrogen-bond donors (Lipinski definition) is 0. The molecule has 1 heterocycles. The molecule has 1 aromatic carbocycles. The van der Waals surface area contributed by atoms with Crippen LogP contribution in [0.25, 0.3) is 0 Å². The van der Waals surface area contributed by atoms with Gasteiger partial charge in [0.15, 0.2) is 12.4 Å². The van der Waals surface area contributed by atoms with Crippen molar-refractivity contribution < 1.29 is 19.2 Å². The first kappa shape index (κ1) is 14.3. The van der Waals surface area contributed by atoms with Crippen LogP contribution in [0, 0.1) is 10.1 Å². The maximum atomic E-state index is 12.0. The summed E-state index contributed by atoms with van der Waals surface area (Å²) in [6.07, 6.45) is -0.00115. The van der Waals surface area contributed by atoms with E-state index in [0.29, 0.717) is 19.7 Å². The van der Waals surface area contributed by atoms with Gasteiger partial charge in [0.1, 0.15) is 0 Å². The van der Waals surface area contributed by atoms with Crippen molar-refractivity contribution in [3.63, 3.8) is 0 Å². The van der Waals surface area contributed by atoms with Crippen LogP contribution >= 0.6 is 0 Å². The molecule has 7 nitrogen and oxygen atoms in total. The van der Waals surface area contributed by atoms with Gasteiger partial charge in [0.05, 0.1) is 17.6 Å². The van der Waals surface area contributed by atoms with Gasteiger partial charge in [-0.25, -0.2) is 0 Å². The van der Waals surface area contributed by atoms with Gasteiger partial charge in [-0.05, 0) is 13.0 Å². The molecular formula is C13H16N2O5. The fourth-order valence-corrected chi connectivity index (χ4v) is 2.01. The van der Waals surface area contributed by atoms with Crippen molar-refractivity contribution in [3.05, 3.63) is 34.4 Å². The molecule has 0 N–H and O–H groups in total. The molecule has 20 heavy (non-hydrogen) atoms. The highest BCUT2D eigenvalue weighted by Crippen LogP contribution is 2.25. The third-order valence-electron chi connectivity index (χ3n) is 3.01. The number of carbonyl (C=O) groups is 1. The van der Waals surface area contributed by atoms with E-state index < -0.39 is 4.92 Å². The standard InChI is InChI=1S/C13H16N2O5/c1-10-8-14(6-7-19-10)13(16)9-20-12-5-3-2-4-11(12)15(17)18/h2-5,10H,6-9H2,1H3/t10-/m1/s1. The van der Waals surface area contributed by atoms with Crippen molar-refractivity contribution >= 4 is 11.6 Å². The van der Waals surface area contributed by atoms with Crippen LogP contribution in [0.1, 0.15) is 6.92 Å². The van der Waals surface area contributed by atoms with Gasteiger partial charge in [-0.15, -0.1) is 0 Å². The van der Waals surface area contributed by atoms with Crippen LogP contribution in [0.3, 0.4) is 0 Å². The van der Waals surface area contributed by atoms with Gasteiger partial charge >= 0.3 is 5.69 Å². The zero-order valence-corrected chi connectivity index (χ0v) is 11.2. The maximum Gasteiger partial charge on any atom is 0.310 e. The number of nitrogens with zero attached hydrogens (tertiary/aromatic N) is 2. The minimum atomic E-state index is -0.531. The predicted molar refractivity (Wildman–Crippen MR) is 70.6 cm³/mol. The molecule has 2 rings (SSSR count). The molecule has 0 bridgehead atoms. The molecule has 1 aliphatic rings. The summed E-state index contributed by atoms with van der Waals surface area (Å²) in [7, 11) is 0. The van der Waals surface area contributed by atoms with E-state index in [1.54, 1.807) is 17.0 Å². The minimum absolute atomic E-state index is 0.00115.